The zero-order valence-electron chi connectivity index (χ0n) is 36.4. The predicted octanol–water partition coefficient (Wildman–Crippen LogP) is 17.5. The number of para-hydroxylation sites is 3. The van der Waals surface area contributed by atoms with Gasteiger partial charge in [-0.05, 0) is 102 Å². The molecule has 0 aliphatic rings. The molecule has 0 amide bonds. The molecule has 2 nitrogen and oxygen atoms in total. The van der Waals surface area contributed by atoms with Crippen molar-refractivity contribution in [3.8, 4) is 44.5 Å². The van der Waals surface area contributed by atoms with Crippen molar-refractivity contribution in [3.63, 3.8) is 0 Å². The van der Waals surface area contributed by atoms with E-state index in [9.17, 15) is 0 Å². The van der Waals surface area contributed by atoms with Crippen molar-refractivity contribution in [1.82, 2.24) is 0 Å². The van der Waals surface area contributed by atoms with E-state index < -0.39 is 0 Å². The molecule has 0 atom stereocenters. The summed E-state index contributed by atoms with van der Waals surface area (Å²) in [4.78, 5) is 2.39. The molecule has 1 heterocycles. The molecule has 302 valence electrons. The number of rotatable bonds is 7. The summed E-state index contributed by atoms with van der Waals surface area (Å²) in [5.74, 6) is 0. The van der Waals surface area contributed by atoms with E-state index >= 15 is 0 Å². The van der Waals surface area contributed by atoms with Crippen molar-refractivity contribution in [2.45, 2.75) is 52.4 Å². The van der Waals surface area contributed by atoms with Crippen molar-refractivity contribution in [1.29, 1.82) is 0 Å². The van der Waals surface area contributed by atoms with E-state index in [1.807, 2.05) is 6.07 Å². The Hall–Kier alpha value is -7.16. The molecule has 0 radical (unpaired) electrons. The van der Waals surface area contributed by atoms with E-state index in [2.05, 4.69) is 241 Å². The van der Waals surface area contributed by atoms with Crippen LogP contribution in [0.3, 0.4) is 0 Å². The van der Waals surface area contributed by atoms with E-state index in [1.165, 1.54) is 55.3 Å². The van der Waals surface area contributed by atoms with Crippen LogP contribution in [0.1, 0.15) is 52.7 Å². The molecule has 0 aliphatic heterocycles. The minimum atomic E-state index is -0.00460. The molecular formula is C60H51NO. The second kappa shape index (κ2) is 15.4. The van der Waals surface area contributed by atoms with Crippen molar-refractivity contribution in [2.75, 3.05) is 4.90 Å². The second-order valence-electron chi connectivity index (χ2n) is 18.6. The Morgan fingerprint density at radius 3 is 1.53 bits per heavy atom. The van der Waals surface area contributed by atoms with Crippen LogP contribution in [0, 0.1) is 0 Å². The first-order valence-corrected chi connectivity index (χ1v) is 21.8. The lowest BCUT2D eigenvalue weighted by molar-refractivity contribution is 0.569. The fourth-order valence-corrected chi connectivity index (χ4v) is 8.96. The zero-order chi connectivity index (χ0) is 42.6. The van der Waals surface area contributed by atoms with Crippen LogP contribution in [-0.4, -0.2) is 0 Å². The van der Waals surface area contributed by atoms with Gasteiger partial charge in [0, 0.05) is 22.0 Å². The maximum atomic E-state index is 6.78. The van der Waals surface area contributed by atoms with Gasteiger partial charge in [-0.2, -0.15) is 0 Å². The SMILES string of the molecule is CC(C)(C)c1cc(-c2cccc3cccc(-c4ccccc4N(c4ccc(-c5ccc(-c6ccccc6)cc5)cc4)c4cccc5c4oc4ccccc45)c23)cc(C(C)(C)C)c1. The fourth-order valence-electron chi connectivity index (χ4n) is 8.96. The number of furan rings is 1. The summed E-state index contributed by atoms with van der Waals surface area (Å²) < 4.78 is 6.78. The minimum Gasteiger partial charge on any atom is -0.454 e. The van der Waals surface area contributed by atoms with Gasteiger partial charge >= 0.3 is 0 Å². The third kappa shape index (κ3) is 7.16. The number of nitrogens with zero attached hydrogens (tertiary/aromatic N) is 1. The monoisotopic (exact) mass is 801 g/mol. The molecule has 0 bridgehead atoms. The quantitative estimate of drug-likeness (QED) is 0.160. The molecule has 10 aromatic rings. The molecule has 0 fully saturated rings. The molecule has 0 N–H and O–H groups in total. The van der Waals surface area contributed by atoms with E-state index in [0.717, 1.165) is 50.1 Å². The lowest BCUT2D eigenvalue weighted by Gasteiger charge is -2.29. The summed E-state index contributed by atoms with van der Waals surface area (Å²) >= 11 is 0. The van der Waals surface area contributed by atoms with Gasteiger partial charge in [-0.1, -0.05) is 211 Å². The lowest BCUT2D eigenvalue weighted by Crippen LogP contribution is -2.16. The van der Waals surface area contributed by atoms with Gasteiger partial charge in [0.05, 0.1) is 11.4 Å². The van der Waals surface area contributed by atoms with Gasteiger partial charge in [0.1, 0.15) is 5.58 Å². The molecule has 0 unspecified atom stereocenters. The summed E-state index contributed by atoms with van der Waals surface area (Å²) in [6.07, 6.45) is 0. The Labute approximate surface area is 365 Å². The highest BCUT2D eigenvalue weighted by atomic mass is 16.3. The maximum absolute atomic E-state index is 6.78. The van der Waals surface area contributed by atoms with Crippen LogP contribution >= 0.6 is 0 Å². The smallest absolute Gasteiger partial charge is 0.159 e. The molecule has 0 aliphatic carbocycles. The van der Waals surface area contributed by atoms with E-state index in [-0.39, 0.29) is 10.8 Å². The standard InChI is InChI=1S/C60H51NO/c1-59(2,3)46-37-45(38-47(39-46)60(4,5)6)49-23-14-19-44-20-15-24-52(57(44)49)50-21-10-12-26-54(50)61(55-27-16-25-53-51-22-11-13-28-56(51)62-58(53)55)48-35-33-43(34-36-48)42-31-29-41(30-32-42)40-17-8-7-9-18-40/h7-39H,1-6H3. The van der Waals surface area contributed by atoms with Gasteiger partial charge in [-0.3, -0.25) is 0 Å². The van der Waals surface area contributed by atoms with Crippen LogP contribution < -0.4 is 4.90 Å². The van der Waals surface area contributed by atoms with Crippen LogP contribution in [0.25, 0.3) is 77.2 Å². The van der Waals surface area contributed by atoms with Gasteiger partial charge in [0.15, 0.2) is 5.58 Å². The number of hydrogen-bond donors (Lipinski definition) is 0. The average molecular weight is 802 g/mol. The fraction of sp³-hybridized carbons (Fsp3) is 0.133. The van der Waals surface area contributed by atoms with Crippen LogP contribution in [0.5, 0.6) is 0 Å². The topological polar surface area (TPSA) is 16.4 Å². The van der Waals surface area contributed by atoms with Crippen molar-refractivity contribution >= 4 is 49.8 Å². The summed E-state index contributed by atoms with van der Waals surface area (Å²) in [5.41, 5.74) is 17.1. The Morgan fingerprint density at radius 1 is 0.371 bits per heavy atom. The van der Waals surface area contributed by atoms with E-state index in [0.29, 0.717) is 0 Å². The highest BCUT2D eigenvalue weighted by Crippen LogP contribution is 2.48. The molecule has 9 aromatic carbocycles. The number of hydrogen-bond acceptors (Lipinski definition) is 2. The number of fused-ring (bicyclic) bond motifs is 4. The van der Waals surface area contributed by atoms with Gasteiger partial charge in [0.2, 0.25) is 0 Å². The first kappa shape index (κ1) is 39.0. The van der Waals surface area contributed by atoms with Crippen molar-refractivity contribution in [3.05, 3.63) is 211 Å². The largest absolute Gasteiger partial charge is 0.454 e. The third-order valence-electron chi connectivity index (χ3n) is 12.4. The van der Waals surface area contributed by atoms with Crippen molar-refractivity contribution < 1.29 is 4.42 Å². The molecule has 62 heavy (non-hydrogen) atoms. The molecule has 0 saturated heterocycles. The van der Waals surface area contributed by atoms with Gasteiger partial charge in [-0.25, -0.2) is 0 Å². The van der Waals surface area contributed by atoms with Crippen LogP contribution in [-0.2, 0) is 10.8 Å². The molecule has 0 saturated carbocycles. The van der Waals surface area contributed by atoms with Crippen LogP contribution in [0.2, 0.25) is 0 Å². The lowest BCUT2D eigenvalue weighted by atomic mass is 9.78. The zero-order valence-corrected chi connectivity index (χ0v) is 36.4. The summed E-state index contributed by atoms with van der Waals surface area (Å²) in [7, 11) is 0. The van der Waals surface area contributed by atoms with E-state index in [1.54, 1.807) is 0 Å². The highest BCUT2D eigenvalue weighted by molar-refractivity contribution is 6.12. The number of anilines is 3. The second-order valence-corrected chi connectivity index (χ2v) is 18.6. The third-order valence-corrected chi connectivity index (χ3v) is 12.4. The van der Waals surface area contributed by atoms with Gasteiger partial charge in [0.25, 0.3) is 0 Å². The summed E-state index contributed by atoms with van der Waals surface area (Å²) in [5, 5.41) is 4.65. The number of benzene rings is 9. The summed E-state index contributed by atoms with van der Waals surface area (Å²) in [6, 6.07) is 72.9. The van der Waals surface area contributed by atoms with Crippen LogP contribution in [0.4, 0.5) is 17.1 Å². The normalized spacial score (nSPS) is 12.0. The Kier molecular flexibility index (Phi) is 9.68. The highest BCUT2D eigenvalue weighted by Gasteiger charge is 2.25. The van der Waals surface area contributed by atoms with E-state index in [4.69, 9.17) is 4.42 Å². The minimum absolute atomic E-state index is 0.00460. The molecule has 10 rings (SSSR count). The first-order chi connectivity index (χ1) is 30.0. The van der Waals surface area contributed by atoms with Crippen LogP contribution in [0.15, 0.2) is 205 Å². The molecular weight excluding hydrogens is 751 g/mol. The Balaban J connectivity index is 1.17. The predicted molar refractivity (Wildman–Crippen MR) is 265 cm³/mol. The Morgan fingerprint density at radius 2 is 0.871 bits per heavy atom. The molecule has 0 spiro atoms. The maximum Gasteiger partial charge on any atom is 0.159 e. The average Bonchev–Trinajstić information content (AvgIpc) is 3.68. The van der Waals surface area contributed by atoms with Crippen molar-refractivity contribution in [2.24, 2.45) is 0 Å². The molecule has 1 aromatic heterocycles. The molecule has 2 heteroatoms. The summed E-state index contributed by atoms with van der Waals surface area (Å²) in [6.45, 7) is 13.9. The van der Waals surface area contributed by atoms with Gasteiger partial charge < -0.3 is 9.32 Å². The first-order valence-electron chi connectivity index (χ1n) is 21.8. The van der Waals surface area contributed by atoms with Gasteiger partial charge in [-0.15, -0.1) is 0 Å². The Bertz CT molecular complexity index is 3190.